The van der Waals surface area contributed by atoms with Crippen LogP contribution in [0.25, 0.3) is 0 Å². The van der Waals surface area contributed by atoms with Crippen LogP contribution >= 0.6 is 22.9 Å². The first-order valence-electron chi connectivity index (χ1n) is 6.62. The SMILES string of the molecule is CN(CCCCc1ccccc1)S(=O)(=O)c1cnc(Cl)s1. The van der Waals surface area contributed by atoms with Crippen LogP contribution in [0.1, 0.15) is 18.4 Å². The van der Waals surface area contributed by atoms with Crippen molar-refractivity contribution in [1.29, 1.82) is 0 Å². The minimum atomic E-state index is -3.46. The summed E-state index contributed by atoms with van der Waals surface area (Å²) in [5.41, 5.74) is 1.28. The molecule has 1 aromatic carbocycles. The third kappa shape index (κ3) is 4.51. The molecule has 114 valence electrons. The molecule has 7 heteroatoms. The number of benzene rings is 1. The van der Waals surface area contributed by atoms with Crippen molar-refractivity contribution in [3.8, 4) is 0 Å². The number of sulfonamides is 1. The monoisotopic (exact) mass is 344 g/mol. The fourth-order valence-electron chi connectivity index (χ4n) is 1.94. The Bertz CT molecular complexity index is 671. The Hall–Kier alpha value is -0.950. The lowest BCUT2D eigenvalue weighted by atomic mass is 10.1. The second kappa shape index (κ2) is 7.35. The topological polar surface area (TPSA) is 50.3 Å². The van der Waals surface area contributed by atoms with Gasteiger partial charge in [-0.15, -0.1) is 0 Å². The van der Waals surface area contributed by atoms with Crippen LogP contribution in [0.15, 0.2) is 40.7 Å². The lowest BCUT2D eigenvalue weighted by Crippen LogP contribution is -2.27. The van der Waals surface area contributed by atoms with Crippen LogP contribution in [0.4, 0.5) is 0 Å². The number of aryl methyl sites for hydroxylation is 1. The maximum absolute atomic E-state index is 12.2. The number of hydrogen-bond donors (Lipinski definition) is 0. The maximum Gasteiger partial charge on any atom is 0.253 e. The van der Waals surface area contributed by atoms with E-state index in [4.69, 9.17) is 11.6 Å². The number of aromatic nitrogens is 1. The van der Waals surface area contributed by atoms with Crippen molar-refractivity contribution < 1.29 is 8.42 Å². The molecule has 0 saturated heterocycles. The second-order valence-corrected chi connectivity index (χ2v) is 8.59. The molecule has 0 aliphatic rings. The van der Waals surface area contributed by atoms with Crippen LogP contribution in [0, 0.1) is 0 Å². The van der Waals surface area contributed by atoms with E-state index < -0.39 is 10.0 Å². The van der Waals surface area contributed by atoms with Gasteiger partial charge >= 0.3 is 0 Å². The highest BCUT2D eigenvalue weighted by Gasteiger charge is 2.22. The van der Waals surface area contributed by atoms with Gasteiger partial charge in [0.25, 0.3) is 10.0 Å². The van der Waals surface area contributed by atoms with Crippen molar-refractivity contribution in [3.63, 3.8) is 0 Å². The van der Waals surface area contributed by atoms with Gasteiger partial charge in [0.05, 0.1) is 6.20 Å². The van der Waals surface area contributed by atoms with Gasteiger partial charge in [0.1, 0.15) is 0 Å². The molecule has 0 atom stereocenters. The predicted molar refractivity (Wildman–Crippen MR) is 86.3 cm³/mol. The molecule has 0 radical (unpaired) electrons. The Labute approximate surface area is 134 Å². The van der Waals surface area contributed by atoms with E-state index in [1.807, 2.05) is 18.2 Å². The smallest absolute Gasteiger partial charge is 0.232 e. The van der Waals surface area contributed by atoms with E-state index in [-0.39, 0.29) is 8.68 Å². The van der Waals surface area contributed by atoms with E-state index in [0.717, 1.165) is 30.6 Å². The average molecular weight is 345 g/mol. The molecule has 1 heterocycles. The van der Waals surface area contributed by atoms with Crippen molar-refractivity contribution in [2.45, 2.75) is 23.5 Å². The molecule has 21 heavy (non-hydrogen) atoms. The largest absolute Gasteiger partial charge is 0.253 e. The third-order valence-corrected chi connectivity index (χ3v) is 6.56. The highest BCUT2D eigenvalue weighted by molar-refractivity contribution is 7.91. The first-order chi connectivity index (χ1) is 10.00. The lowest BCUT2D eigenvalue weighted by molar-refractivity contribution is 0.457. The van der Waals surface area contributed by atoms with Gasteiger partial charge in [0.2, 0.25) is 0 Å². The Morgan fingerprint density at radius 1 is 1.24 bits per heavy atom. The van der Waals surface area contributed by atoms with Gasteiger partial charge in [-0.25, -0.2) is 17.7 Å². The van der Waals surface area contributed by atoms with Gasteiger partial charge in [0, 0.05) is 13.6 Å². The summed E-state index contributed by atoms with van der Waals surface area (Å²) in [6.45, 7) is 0.491. The zero-order valence-electron chi connectivity index (χ0n) is 11.7. The summed E-state index contributed by atoms with van der Waals surface area (Å²) in [6.07, 6.45) is 4.04. The van der Waals surface area contributed by atoms with Crippen molar-refractivity contribution in [2.75, 3.05) is 13.6 Å². The van der Waals surface area contributed by atoms with Crippen molar-refractivity contribution in [2.24, 2.45) is 0 Å². The summed E-state index contributed by atoms with van der Waals surface area (Å²) in [4.78, 5) is 3.78. The van der Waals surface area contributed by atoms with Gasteiger partial charge in [-0.3, -0.25) is 0 Å². The van der Waals surface area contributed by atoms with Crippen LogP contribution in [-0.4, -0.2) is 31.3 Å². The number of unbranched alkanes of at least 4 members (excludes halogenated alkanes) is 1. The predicted octanol–water partition coefficient (Wildman–Crippen LogP) is 3.44. The molecule has 0 amide bonds. The number of hydrogen-bond acceptors (Lipinski definition) is 4. The van der Waals surface area contributed by atoms with Gasteiger partial charge in [-0.05, 0) is 24.8 Å². The summed E-state index contributed by atoms with van der Waals surface area (Å²) >= 11 is 6.67. The Morgan fingerprint density at radius 2 is 1.95 bits per heavy atom. The third-order valence-electron chi connectivity index (χ3n) is 3.15. The van der Waals surface area contributed by atoms with E-state index in [0.29, 0.717) is 6.54 Å². The summed E-state index contributed by atoms with van der Waals surface area (Å²) < 4.78 is 26.3. The standard InChI is InChI=1S/C14H17ClN2O2S2/c1-17(21(18,19)13-11-16-14(15)20-13)10-6-5-9-12-7-3-2-4-8-12/h2-4,7-8,11H,5-6,9-10H2,1H3. The molecule has 0 aliphatic heterocycles. The molecular weight excluding hydrogens is 328 g/mol. The van der Waals surface area contributed by atoms with Crippen LogP contribution in [0.5, 0.6) is 0 Å². The van der Waals surface area contributed by atoms with Gasteiger partial charge in [-0.1, -0.05) is 53.3 Å². The highest BCUT2D eigenvalue weighted by Crippen LogP contribution is 2.25. The van der Waals surface area contributed by atoms with E-state index >= 15 is 0 Å². The Balaban J connectivity index is 1.83. The maximum atomic E-state index is 12.2. The van der Waals surface area contributed by atoms with E-state index in [1.54, 1.807) is 7.05 Å². The minimum absolute atomic E-state index is 0.193. The summed E-state index contributed by atoms with van der Waals surface area (Å²) in [7, 11) is -1.87. The summed E-state index contributed by atoms with van der Waals surface area (Å²) in [5, 5.41) is 0. The molecule has 0 fully saturated rings. The van der Waals surface area contributed by atoms with E-state index in [9.17, 15) is 8.42 Å². The molecule has 0 saturated carbocycles. The molecule has 1 aromatic heterocycles. The van der Waals surface area contributed by atoms with Crippen molar-refractivity contribution in [1.82, 2.24) is 9.29 Å². The number of nitrogens with zero attached hydrogens (tertiary/aromatic N) is 2. The minimum Gasteiger partial charge on any atom is -0.232 e. The van der Waals surface area contributed by atoms with Crippen LogP contribution in [-0.2, 0) is 16.4 Å². The number of halogens is 1. The normalized spacial score (nSPS) is 12.0. The van der Waals surface area contributed by atoms with Crippen LogP contribution in [0.3, 0.4) is 0 Å². The van der Waals surface area contributed by atoms with Gasteiger partial charge < -0.3 is 0 Å². The molecule has 0 N–H and O–H groups in total. The summed E-state index contributed by atoms with van der Waals surface area (Å²) in [5.74, 6) is 0. The molecular formula is C14H17ClN2O2S2. The molecule has 2 aromatic rings. The second-order valence-electron chi connectivity index (χ2n) is 4.70. The van der Waals surface area contributed by atoms with Gasteiger partial charge in [0.15, 0.2) is 8.68 Å². The van der Waals surface area contributed by atoms with Crippen molar-refractivity contribution in [3.05, 3.63) is 46.6 Å². The molecule has 0 spiro atoms. The first-order valence-corrected chi connectivity index (χ1v) is 9.25. The molecule has 0 bridgehead atoms. The average Bonchev–Trinajstić information content (AvgIpc) is 2.92. The number of thiazole rings is 1. The number of rotatable bonds is 7. The Kier molecular flexibility index (Phi) is 5.75. The zero-order chi connectivity index (χ0) is 15.3. The van der Waals surface area contributed by atoms with Crippen LogP contribution in [0.2, 0.25) is 4.47 Å². The van der Waals surface area contributed by atoms with E-state index in [2.05, 4.69) is 17.1 Å². The zero-order valence-corrected chi connectivity index (χ0v) is 14.1. The fourth-order valence-corrected chi connectivity index (χ4v) is 4.66. The van der Waals surface area contributed by atoms with Gasteiger partial charge in [-0.2, -0.15) is 0 Å². The molecule has 4 nitrogen and oxygen atoms in total. The fraction of sp³-hybridized carbons (Fsp3) is 0.357. The lowest BCUT2D eigenvalue weighted by Gasteiger charge is -2.15. The highest BCUT2D eigenvalue weighted by atomic mass is 35.5. The molecule has 0 aliphatic carbocycles. The van der Waals surface area contributed by atoms with E-state index in [1.165, 1.54) is 16.1 Å². The quantitative estimate of drug-likeness (QED) is 0.723. The Morgan fingerprint density at radius 3 is 2.57 bits per heavy atom. The molecule has 2 rings (SSSR count). The summed E-state index contributed by atoms with van der Waals surface area (Å²) in [6, 6.07) is 10.2. The molecule has 0 unspecified atom stereocenters. The first kappa shape index (κ1) is 16.4. The van der Waals surface area contributed by atoms with Crippen molar-refractivity contribution >= 4 is 33.0 Å². The van der Waals surface area contributed by atoms with Crippen LogP contribution < -0.4 is 0 Å².